The number of nitrogens with two attached hydrogens (primary N) is 1. The predicted molar refractivity (Wildman–Crippen MR) is 235 cm³/mol. The molecular formula is C52H44N6. The molecule has 3 N–H and O–H groups in total. The summed E-state index contributed by atoms with van der Waals surface area (Å²) >= 11 is 0. The first kappa shape index (κ1) is 36.5. The van der Waals surface area contributed by atoms with E-state index in [4.69, 9.17) is 21.0 Å². The molecule has 7 aromatic carbocycles. The van der Waals surface area contributed by atoms with Crippen LogP contribution in [0.4, 0.5) is 5.82 Å². The van der Waals surface area contributed by atoms with Crippen LogP contribution in [0, 0.1) is 0 Å². The minimum Gasteiger partial charge on any atom is -0.353 e. The van der Waals surface area contributed by atoms with Crippen LogP contribution in [0.1, 0.15) is 56.8 Å². The topological polar surface area (TPSA) is 81.7 Å². The Morgan fingerprint density at radius 1 is 0.500 bits per heavy atom. The number of benzene rings is 7. The molecule has 0 aliphatic rings. The van der Waals surface area contributed by atoms with Crippen molar-refractivity contribution in [3.8, 4) is 0 Å². The Morgan fingerprint density at radius 2 is 0.879 bits per heavy atom. The van der Waals surface area contributed by atoms with Crippen LogP contribution in [-0.4, -0.2) is 26.5 Å². The molecule has 2 heterocycles. The van der Waals surface area contributed by atoms with Crippen molar-refractivity contribution in [2.45, 2.75) is 23.4 Å². The summed E-state index contributed by atoms with van der Waals surface area (Å²) in [7, 11) is 0. The van der Waals surface area contributed by atoms with E-state index in [1.54, 1.807) is 0 Å². The fourth-order valence-corrected chi connectivity index (χ4v) is 8.71. The molecule has 9 aromatic rings. The maximum absolute atomic E-state index is 6.45. The average molecular weight is 753 g/mol. The van der Waals surface area contributed by atoms with E-state index in [-0.39, 0.29) is 5.92 Å². The van der Waals surface area contributed by atoms with Crippen LogP contribution < -0.4 is 11.1 Å². The van der Waals surface area contributed by atoms with Gasteiger partial charge in [-0.3, -0.25) is 0 Å². The van der Waals surface area contributed by atoms with Gasteiger partial charge >= 0.3 is 0 Å². The van der Waals surface area contributed by atoms with Crippen LogP contribution in [-0.2, 0) is 11.1 Å². The molecule has 58 heavy (non-hydrogen) atoms. The van der Waals surface area contributed by atoms with E-state index in [1.165, 1.54) is 0 Å². The molecule has 1 atom stereocenters. The molecule has 0 saturated carbocycles. The number of aromatic nitrogens is 4. The SMILES string of the molecule is NCCC(c1ccccc1)c1cc(NC(c2ccccc2)(c2ccccc2)c2ccccc2)nc2c1nnn2C(c1ccccc1)(c1ccccc1)c1ccccc1. The van der Waals surface area contributed by atoms with Crippen molar-refractivity contribution in [3.63, 3.8) is 0 Å². The van der Waals surface area contributed by atoms with Gasteiger partial charge in [0.25, 0.3) is 0 Å². The first-order valence-corrected chi connectivity index (χ1v) is 19.9. The molecule has 0 saturated heterocycles. The molecule has 0 radical (unpaired) electrons. The number of nitrogens with one attached hydrogen (secondary N) is 1. The van der Waals surface area contributed by atoms with Crippen LogP contribution in [0.2, 0.25) is 0 Å². The molecule has 0 aliphatic carbocycles. The van der Waals surface area contributed by atoms with Crippen molar-refractivity contribution in [1.29, 1.82) is 0 Å². The summed E-state index contributed by atoms with van der Waals surface area (Å²) in [6, 6.07) is 76.3. The predicted octanol–water partition coefficient (Wildman–Crippen LogP) is 10.6. The highest BCUT2D eigenvalue weighted by Gasteiger charge is 2.43. The highest BCUT2D eigenvalue weighted by atomic mass is 15.5. The third-order valence-corrected chi connectivity index (χ3v) is 11.3. The first-order valence-electron chi connectivity index (χ1n) is 19.9. The van der Waals surface area contributed by atoms with Crippen molar-refractivity contribution < 1.29 is 0 Å². The minimum atomic E-state index is -0.938. The van der Waals surface area contributed by atoms with Gasteiger partial charge in [0.1, 0.15) is 22.4 Å². The summed E-state index contributed by atoms with van der Waals surface area (Å²) in [4.78, 5) is 5.63. The second kappa shape index (κ2) is 16.1. The smallest absolute Gasteiger partial charge is 0.182 e. The average Bonchev–Trinajstić information content (AvgIpc) is 3.74. The van der Waals surface area contributed by atoms with Crippen LogP contribution in [0.3, 0.4) is 0 Å². The molecule has 282 valence electrons. The molecule has 6 heteroatoms. The summed E-state index contributed by atoms with van der Waals surface area (Å²) < 4.78 is 2.04. The molecule has 6 nitrogen and oxygen atoms in total. The van der Waals surface area contributed by atoms with Crippen LogP contribution in [0.15, 0.2) is 218 Å². The number of nitrogens with zero attached hydrogens (tertiary/aromatic N) is 4. The maximum atomic E-state index is 6.45. The summed E-state index contributed by atoms with van der Waals surface area (Å²) in [5.74, 6) is 0.602. The zero-order chi connectivity index (χ0) is 39.2. The van der Waals surface area contributed by atoms with E-state index in [2.05, 4.69) is 224 Å². The third kappa shape index (κ3) is 6.43. The number of fused-ring (bicyclic) bond motifs is 1. The molecule has 0 fully saturated rings. The Kier molecular flexibility index (Phi) is 10.2. The largest absolute Gasteiger partial charge is 0.353 e. The molecule has 0 spiro atoms. The molecule has 1 unspecified atom stereocenters. The molecule has 9 rings (SSSR count). The van der Waals surface area contributed by atoms with Gasteiger partial charge in [-0.25, -0.2) is 9.67 Å². The lowest BCUT2D eigenvalue weighted by Gasteiger charge is -2.38. The van der Waals surface area contributed by atoms with Gasteiger partial charge in [-0.2, -0.15) is 0 Å². The van der Waals surface area contributed by atoms with Crippen molar-refractivity contribution in [3.05, 3.63) is 263 Å². The van der Waals surface area contributed by atoms with Gasteiger partial charge in [-0.1, -0.05) is 218 Å². The summed E-state index contributed by atoms with van der Waals surface area (Å²) in [5, 5.41) is 14.3. The molecule has 2 aromatic heterocycles. The highest BCUT2D eigenvalue weighted by Crippen LogP contribution is 2.45. The fraction of sp³-hybridized carbons (Fsp3) is 0.0962. The molecular weight excluding hydrogens is 709 g/mol. The Morgan fingerprint density at radius 3 is 1.28 bits per heavy atom. The third-order valence-electron chi connectivity index (χ3n) is 11.3. The highest BCUT2D eigenvalue weighted by molar-refractivity contribution is 5.80. The van der Waals surface area contributed by atoms with Gasteiger partial charge in [0.05, 0.1) is 0 Å². The van der Waals surface area contributed by atoms with Gasteiger partial charge < -0.3 is 11.1 Å². The van der Waals surface area contributed by atoms with Gasteiger partial charge in [0.15, 0.2) is 5.65 Å². The second-order valence-electron chi connectivity index (χ2n) is 14.6. The van der Waals surface area contributed by atoms with Gasteiger partial charge in [0.2, 0.25) is 0 Å². The normalized spacial score (nSPS) is 12.3. The van der Waals surface area contributed by atoms with Crippen molar-refractivity contribution in [2.75, 3.05) is 11.9 Å². The van der Waals surface area contributed by atoms with Gasteiger partial charge in [-0.05, 0) is 63.5 Å². The lowest BCUT2D eigenvalue weighted by atomic mass is 9.76. The number of anilines is 1. The quantitative estimate of drug-likeness (QED) is 0.115. The first-order chi connectivity index (χ1) is 28.7. The Balaban J connectivity index is 1.40. The lowest BCUT2D eigenvalue weighted by Crippen LogP contribution is -2.39. The van der Waals surface area contributed by atoms with Crippen LogP contribution in [0.5, 0.6) is 0 Å². The second-order valence-corrected chi connectivity index (χ2v) is 14.6. The van der Waals surface area contributed by atoms with E-state index < -0.39 is 11.1 Å². The Labute approximate surface area is 339 Å². The molecule has 0 aliphatic heterocycles. The van der Waals surface area contributed by atoms with Crippen LogP contribution in [0.25, 0.3) is 11.2 Å². The Bertz CT molecular complexity index is 2500. The minimum absolute atomic E-state index is 0.0819. The number of pyridine rings is 1. The number of hydrogen-bond donors (Lipinski definition) is 2. The fourth-order valence-electron chi connectivity index (χ4n) is 8.71. The maximum Gasteiger partial charge on any atom is 0.182 e. The van der Waals surface area contributed by atoms with E-state index in [9.17, 15) is 0 Å². The zero-order valence-electron chi connectivity index (χ0n) is 32.1. The van der Waals surface area contributed by atoms with E-state index in [1.807, 2.05) is 4.68 Å². The van der Waals surface area contributed by atoms with Gasteiger partial charge in [-0.15, -0.1) is 5.10 Å². The van der Waals surface area contributed by atoms with Crippen molar-refractivity contribution in [2.24, 2.45) is 5.73 Å². The van der Waals surface area contributed by atoms with Gasteiger partial charge in [0, 0.05) is 5.92 Å². The summed E-state index contributed by atoms with van der Waals surface area (Å²) in [6.45, 7) is 0.490. The standard InChI is InChI=1S/C52H44N6/c53-37-36-46(39-22-8-1-9-23-39)47-38-48(55-51(40-24-10-2-11-25-40,41-26-12-3-13-27-41)42-28-14-4-15-29-42)54-50-49(47)56-57-58(50)52(43-30-16-5-17-31-43,44-32-18-6-19-33-44)45-34-20-7-21-35-45/h1-35,38,46H,36-37,53H2,(H,54,55). The zero-order valence-corrected chi connectivity index (χ0v) is 32.1. The van der Waals surface area contributed by atoms with E-state index >= 15 is 0 Å². The van der Waals surface area contributed by atoms with E-state index in [0.717, 1.165) is 50.0 Å². The van der Waals surface area contributed by atoms with Crippen molar-refractivity contribution in [1.82, 2.24) is 20.0 Å². The molecule has 0 bridgehead atoms. The lowest BCUT2D eigenvalue weighted by molar-refractivity contribution is 0.457. The molecule has 0 amide bonds. The van der Waals surface area contributed by atoms with Crippen LogP contribution >= 0.6 is 0 Å². The Hall–Kier alpha value is -7.15. The summed E-state index contributed by atoms with van der Waals surface area (Å²) in [5.41, 5.74) is 14.6. The van der Waals surface area contributed by atoms with Crippen molar-refractivity contribution >= 4 is 17.0 Å². The monoisotopic (exact) mass is 752 g/mol. The number of hydrogen-bond acceptors (Lipinski definition) is 5. The van der Waals surface area contributed by atoms with E-state index in [0.29, 0.717) is 24.4 Å². The summed E-state index contributed by atoms with van der Waals surface area (Å²) in [6.07, 6.45) is 0.706. The number of rotatable bonds is 13.